The molecule has 0 spiro atoms. The number of anilines is 3. The van der Waals surface area contributed by atoms with Crippen LogP contribution < -0.4 is 15.4 Å². The fraction of sp³-hybridized carbons (Fsp3) is 0.545. The number of unbranched alkanes of at least 4 members (excludes halogenated alkanes) is 1. The van der Waals surface area contributed by atoms with Crippen molar-refractivity contribution >= 4 is 17.5 Å². The van der Waals surface area contributed by atoms with Crippen LogP contribution >= 0.6 is 0 Å². The second kappa shape index (κ2) is 9.73. The minimum absolute atomic E-state index is 0.600. The van der Waals surface area contributed by atoms with Crippen LogP contribution in [-0.4, -0.2) is 48.2 Å². The summed E-state index contributed by atoms with van der Waals surface area (Å²) in [6.07, 6.45) is 6.08. The van der Waals surface area contributed by atoms with Crippen LogP contribution in [0.5, 0.6) is 5.75 Å². The van der Waals surface area contributed by atoms with Gasteiger partial charge in [-0.1, -0.05) is 0 Å². The first-order valence-corrected chi connectivity index (χ1v) is 10.3. The van der Waals surface area contributed by atoms with Gasteiger partial charge in [0.25, 0.3) is 0 Å². The topological polar surface area (TPSA) is 62.3 Å². The highest BCUT2D eigenvalue weighted by Gasteiger charge is 2.19. The molecule has 3 rings (SSSR count). The molecule has 1 saturated heterocycles. The molecule has 1 aliphatic heterocycles. The molecule has 1 aliphatic rings. The van der Waals surface area contributed by atoms with E-state index in [4.69, 9.17) is 4.74 Å². The van der Waals surface area contributed by atoms with Crippen LogP contribution in [0.15, 0.2) is 24.3 Å². The summed E-state index contributed by atoms with van der Waals surface area (Å²) in [7, 11) is 3.60. The van der Waals surface area contributed by atoms with Crippen LogP contribution in [0.3, 0.4) is 0 Å². The molecule has 6 nitrogen and oxygen atoms in total. The lowest BCUT2D eigenvalue weighted by molar-refractivity contribution is 0.263. The zero-order chi connectivity index (χ0) is 19.9. The minimum Gasteiger partial charge on any atom is -0.496 e. The minimum atomic E-state index is 0.600. The molecule has 2 N–H and O–H groups in total. The van der Waals surface area contributed by atoms with E-state index in [0.717, 1.165) is 41.8 Å². The maximum atomic E-state index is 5.57. The third-order valence-corrected chi connectivity index (χ3v) is 5.48. The van der Waals surface area contributed by atoms with Gasteiger partial charge in [0.2, 0.25) is 5.95 Å². The van der Waals surface area contributed by atoms with E-state index in [9.17, 15) is 0 Å². The standard InChI is InChI=1S/C22H33N5O/c1-16-14-21(23-3)26-22(24-16)25-19-10-11-20(28-4)18(15-19)9-5-6-12-27-13-7-8-17(27)2/h10-11,14-15,17H,5-9,12-13H2,1-4H3,(H2,23,24,25,26)/t17-/m1/s1. The molecule has 6 heteroatoms. The van der Waals surface area contributed by atoms with E-state index >= 15 is 0 Å². The fourth-order valence-electron chi connectivity index (χ4n) is 3.89. The van der Waals surface area contributed by atoms with Gasteiger partial charge in [-0.05, 0) is 82.8 Å². The second-order valence-corrected chi connectivity index (χ2v) is 7.60. The molecular formula is C22H33N5O. The van der Waals surface area contributed by atoms with Gasteiger partial charge < -0.3 is 20.3 Å². The average Bonchev–Trinajstić information content (AvgIpc) is 3.09. The molecule has 1 fully saturated rings. The van der Waals surface area contributed by atoms with Crippen LogP contribution in [0.25, 0.3) is 0 Å². The number of hydrogen-bond acceptors (Lipinski definition) is 6. The molecule has 1 atom stereocenters. The van der Waals surface area contributed by atoms with E-state index < -0.39 is 0 Å². The average molecular weight is 384 g/mol. The number of ether oxygens (including phenoxy) is 1. The highest BCUT2D eigenvalue weighted by atomic mass is 16.5. The smallest absolute Gasteiger partial charge is 0.229 e. The molecule has 0 amide bonds. The summed E-state index contributed by atoms with van der Waals surface area (Å²) in [5, 5.41) is 6.40. The Kier molecular flexibility index (Phi) is 7.09. The van der Waals surface area contributed by atoms with Crippen molar-refractivity contribution in [2.24, 2.45) is 0 Å². The predicted molar refractivity (Wildman–Crippen MR) is 116 cm³/mol. The molecule has 2 aromatic rings. The number of benzene rings is 1. The number of nitrogens with zero attached hydrogens (tertiary/aromatic N) is 3. The van der Waals surface area contributed by atoms with Gasteiger partial charge in [0.1, 0.15) is 11.6 Å². The van der Waals surface area contributed by atoms with Crippen molar-refractivity contribution in [2.45, 2.75) is 52.0 Å². The molecule has 0 saturated carbocycles. The summed E-state index contributed by atoms with van der Waals surface area (Å²) in [6.45, 7) is 6.77. The quantitative estimate of drug-likeness (QED) is 0.627. The van der Waals surface area contributed by atoms with E-state index in [1.165, 1.54) is 37.9 Å². The Labute approximate surface area is 168 Å². The molecule has 152 valence electrons. The van der Waals surface area contributed by atoms with Crippen LogP contribution in [0.4, 0.5) is 17.5 Å². The zero-order valence-electron chi connectivity index (χ0n) is 17.6. The van der Waals surface area contributed by atoms with E-state index in [1.54, 1.807) is 7.11 Å². The molecule has 0 bridgehead atoms. The number of likely N-dealkylation sites (tertiary alicyclic amines) is 1. The first kappa shape index (κ1) is 20.4. The van der Waals surface area contributed by atoms with Gasteiger partial charge in [0.05, 0.1) is 7.11 Å². The summed E-state index contributed by atoms with van der Waals surface area (Å²) in [4.78, 5) is 11.6. The van der Waals surface area contributed by atoms with Gasteiger partial charge in [-0.25, -0.2) is 4.98 Å². The number of rotatable bonds is 9. The maximum Gasteiger partial charge on any atom is 0.229 e. The van der Waals surface area contributed by atoms with Gasteiger partial charge in [0, 0.05) is 30.5 Å². The zero-order valence-corrected chi connectivity index (χ0v) is 17.6. The largest absolute Gasteiger partial charge is 0.496 e. The summed E-state index contributed by atoms with van der Waals surface area (Å²) >= 11 is 0. The first-order chi connectivity index (χ1) is 13.6. The molecule has 28 heavy (non-hydrogen) atoms. The highest BCUT2D eigenvalue weighted by Crippen LogP contribution is 2.26. The van der Waals surface area contributed by atoms with E-state index in [-0.39, 0.29) is 0 Å². The Morgan fingerprint density at radius 1 is 1.21 bits per heavy atom. The third kappa shape index (κ3) is 5.35. The van der Waals surface area contributed by atoms with E-state index in [0.29, 0.717) is 5.95 Å². The number of aromatic nitrogens is 2. The molecule has 1 aromatic heterocycles. The van der Waals surface area contributed by atoms with Crippen molar-refractivity contribution in [2.75, 3.05) is 37.9 Å². The van der Waals surface area contributed by atoms with Crippen molar-refractivity contribution in [1.82, 2.24) is 14.9 Å². The SMILES string of the molecule is CNc1cc(C)nc(Nc2ccc(OC)c(CCCCN3CCC[C@H]3C)c2)n1. The van der Waals surface area contributed by atoms with Crippen LogP contribution in [-0.2, 0) is 6.42 Å². The Balaban J connectivity index is 1.62. The lowest BCUT2D eigenvalue weighted by atomic mass is 10.1. The fourth-order valence-corrected chi connectivity index (χ4v) is 3.89. The summed E-state index contributed by atoms with van der Waals surface area (Å²) in [6, 6.07) is 8.86. The lowest BCUT2D eigenvalue weighted by Crippen LogP contribution is -2.27. The Hall–Kier alpha value is -2.34. The predicted octanol–water partition coefficient (Wildman–Crippen LogP) is 4.39. The number of methoxy groups -OCH3 is 1. The van der Waals surface area contributed by atoms with Crippen LogP contribution in [0.1, 0.15) is 43.9 Å². The molecule has 1 aromatic carbocycles. The number of aryl methyl sites for hydroxylation is 2. The Morgan fingerprint density at radius 3 is 2.79 bits per heavy atom. The summed E-state index contributed by atoms with van der Waals surface area (Å²) in [5.41, 5.74) is 3.13. The van der Waals surface area contributed by atoms with Crippen molar-refractivity contribution in [3.05, 3.63) is 35.5 Å². The molecule has 0 unspecified atom stereocenters. The Bertz CT molecular complexity index is 780. The summed E-state index contributed by atoms with van der Waals surface area (Å²) < 4.78 is 5.57. The van der Waals surface area contributed by atoms with Crippen LogP contribution in [0, 0.1) is 6.92 Å². The van der Waals surface area contributed by atoms with Crippen molar-refractivity contribution in [1.29, 1.82) is 0 Å². The van der Waals surface area contributed by atoms with Gasteiger partial charge in [-0.3, -0.25) is 0 Å². The first-order valence-electron chi connectivity index (χ1n) is 10.3. The monoisotopic (exact) mass is 383 g/mol. The summed E-state index contributed by atoms with van der Waals surface area (Å²) in [5.74, 6) is 2.35. The Morgan fingerprint density at radius 2 is 2.07 bits per heavy atom. The highest BCUT2D eigenvalue weighted by molar-refractivity contribution is 5.58. The van der Waals surface area contributed by atoms with Gasteiger partial charge in [0.15, 0.2) is 0 Å². The van der Waals surface area contributed by atoms with Crippen molar-refractivity contribution in [3.8, 4) is 5.75 Å². The maximum absolute atomic E-state index is 5.57. The van der Waals surface area contributed by atoms with Gasteiger partial charge in [-0.15, -0.1) is 0 Å². The molecule has 0 aliphatic carbocycles. The number of hydrogen-bond donors (Lipinski definition) is 2. The van der Waals surface area contributed by atoms with Gasteiger partial charge in [-0.2, -0.15) is 4.98 Å². The molecule has 2 heterocycles. The normalized spacial score (nSPS) is 16.9. The van der Waals surface area contributed by atoms with Gasteiger partial charge >= 0.3 is 0 Å². The number of nitrogens with one attached hydrogen (secondary N) is 2. The van der Waals surface area contributed by atoms with E-state index in [1.807, 2.05) is 32.2 Å². The van der Waals surface area contributed by atoms with E-state index in [2.05, 4.69) is 38.5 Å². The lowest BCUT2D eigenvalue weighted by Gasteiger charge is -2.20. The van der Waals surface area contributed by atoms with Crippen molar-refractivity contribution < 1.29 is 4.74 Å². The van der Waals surface area contributed by atoms with Crippen LogP contribution in [0.2, 0.25) is 0 Å². The molecular weight excluding hydrogens is 350 g/mol. The second-order valence-electron chi connectivity index (χ2n) is 7.60. The molecule has 0 radical (unpaired) electrons. The van der Waals surface area contributed by atoms with Crippen molar-refractivity contribution in [3.63, 3.8) is 0 Å². The third-order valence-electron chi connectivity index (χ3n) is 5.48.